The zero-order chi connectivity index (χ0) is 20.8. The summed E-state index contributed by atoms with van der Waals surface area (Å²) in [7, 11) is 1.64. The van der Waals surface area contributed by atoms with Gasteiger partial charge in [-0.15, -0.1) is 0 Å². The van der Waals surface area contributed by atoms with Crippen LogP contribution in [0.1, 0.15) is 38.6 Å². The van der Waals surface area contributed by atoms with Gasteiger partial charge in [-0.05, 0) is 17.7 Å². The maximum atomic E-state index is 13.8. The summed E-state index contributed by atoms with van der Waals surface area (Å²) in [6.45, 7) is 6.73. The van der Waals surface area contributed by atoms with Gasteiger partial charge in [-0.2, -0.15) is 0 Å². The average Bonchev–Trinajstić information content (AvgIpc) is 3.22. The summed E-state index contributed by atoms with van der Waals surface area (Å²) in [6, 6.07) is 7.83. The average molecular weight is 401 g/mol. The summed E-state index contributed by atoms with van der Waals surface area (Å²) in [6.07, 6.45) is 1.27. The predicted molar refractivity (Wildman–Crippen MR) is 108 cm³/mol. The van der Waals surface area contributed by atoms with Gasteiger partial charge in [0.1, 0.15) is 17.9 Å². The molecular formula is C21H25F2N5O. The highest BCUT2D eigenvalue weighted by molar-refractivity contribution is 5.84. The summed E-state index contributed by atoms with van der Waals surface area (Å²) in [5.74, 6) is -0.586. The third-order valence-corrected chi connectivity index (χ3v) is 5.15. The summed E-state index contributed by atoms with van der Waals surface area (Å²) in [5.41, 5.74) is 2.05. The zero-order valence-electron chi connectivity index (χ0n) is 17.1. The Bertz CT molecular complexity index is 1020. The van der Waals surface area contributed by atoms with Crippen LogP contribution in [-0.2, 0) is 12.0 Å². The normalized spacial score (nSPS) is 16.6. The lowest BCUT2D eigenvalue weighted by Crippen LogP contribution is -2.25. The van der Waals surface area contributed by atoms with E-state index in [0.717, 1.165) is 17.1 Å². The van der Waals surface area contributed by atoms with Gasteiger partial charge in [0.25, 0.3) is 5.92 Å². The van der Waals surface area contributed by atoms with E-state index in [4.69, 9.17) is 9.72 Å². The second-order valence-electron chi connectivity index (χ2n) is 8.52. The first-order valence-corrected chi connectivity index (χ1v) is 9.65. The largest absolute Gasteiger partial charge is 0.497 e. The van der Waals surface area contributed by atoms with Crippen molar-refractivity contribution in [1.29, 1.82) is 0 Å². The first-order valence-electron chi connectivity index (χ1n) is 9.65. The molecule has 29 heavy (non-hydrogen) atoms. The Hall–Kier alpha value is -2.77. The van der Waals surface area contributed by atoms with Crippen molar-refractivity contribution in [3.8, 4) is 5.75 Å². The summed E-state index contributed by atoms with van der Waals surface area (Å²) in [5, 5.41) is 0. The maximum absolute atomic E-state index is 13.8. The molecule has 0 aliphatic carbocycles. The minimum atomic E-state index is -2.70. The van der Waals surface area contributed by atoms with Crippen LogP contribution in [0.4, 0.5) is 14.6 Å². The third-order valence-electron chi connectivity index (χ3n) is 5.15. The van der Waals surface area contributed by atoms with E-state index in [1.807, 2.05) is 24.3 Å². The van der Waals surface area contributed by atoms with Crippen LogP contribution in [-0.4, -0.2) is 45.6 Å². The number of benzene rings is 1. The van der Waals surface area contributed by atoms with Crippen molar-refractivity contribution in [2.45, 2.75) is 45.1 Å². The smallest absolute Gasteiger partial charge is 0.266 e. The molecule has 1 fully saturated rings. The molecular weight excluding hydrogens is 376 g/mol. The molecule has 0 radical (unpaired) electrons. The first kappa shape index (κ1) is 19.5. The van der Waals surface area contributed by atoms with E-state index in [2.05, 4.69) is 35.3 Å². The van der Waals surface area contributed by atoms with Crippen LogP contribution in [0.25, 0.3) is 11.2 Å². The number of imidazole rings is 1. The number of hydrogen-bond acceptors (Lipinski definition) is 5. The molecule has 1 aliphatic rings. The van der Waals surface area contributed by atoms with Gasteiger partial charge in [-0.1, -0.05) is 32.9 Å². The summed E-state index contributed by atoms with van der Waals surface area (Å²) >= 11 is 0. The number of methoxy groups -OCH3 is 1. The highest BCUT2D eigenvalue weighted by atomic mass is 19.3. The third kappa shape index (κ3) is 3.75. The Morgan fingerprint density at radius 1 is 1.14 bits per heavy atom. The number of fused-ring (bicyclic) bond motifs is 1. The SMILES string of the molecule is COc1ccc(Cn2c(C(C)(C)C)nc3c(N4CCC(F)(F)C4)ncnc32)cc1. The highest BCUT2D eigenvalue weighted by Crippen LogP contribution is 2.34. The molecule has 0 unspecified atom stereocenters. The minimum absolute atomic E-state index is 0.169. The molecule has 0 saturated carbocycles. The van der Waals surface area contributed by atoms with E-state index in [9.17, 15) is 8.78 Å². The molecule has 0 atom stereocenters. The molecule has 0 N–H and O–H groups in total. The molecule has 1 aliphatic heterocycles. The van der Waals surface area contributed by atoms with Gasteiger partial charge in [0.05, 0.1) is 20.2 Å². The molecule has 0 bridgehead atoms. The summed E-state index contributed by atoms with van der Waals surface area (Å²) in [4.78, 5) is 15.2. The molecule has 6 nitrogen and oxygen atoms in total. The number of rotatable bonds is 4. The van der Waals surface area contributed by atoms with Crippen molar-refractivity contribution < 1.29 is 13.5 Å². The van der Waals surface area contributed by atoms with Crippen molar-refractivity contribution in [2.75, 3.05) is 25.1 Å². The van der Waals surface area contributed by atoms with Crippen LogP contribution in [0.15, 0.2) is 30.6 Å². The van der Waals surface area contributed by atoms with Gasteiger partial charge >= 0.3 is 0 Å². The number of nitrogens with zero attached hydrogens (tertiary/aromatic N) is 5. The van der Waals surface area contributed by atoms with Crippen LogP contribution in [0.2, 0.25) is 0 Å². The standard InChI is InChI=1S/C21H25F2N5O/c1-20(2,3)19-26-16-17(27-10-9-21(22,23)12-27)24-13-25-18(16)28(19)11-14-5-7-15(29-4)8-6-14/h5-8,13H,9-12H2,1-4H3. The molecule has 4 rings (SSSR count). The monoisotopic (exact) mass is 401 g/mol. The van der Waals surface area contributed by atoms with Crippen molar-refractivity contribution in [2.24, 2.45) is 0 Å². The van der Waals surface area contributed by atoms with E-state index in [1.54, 1.807) is 12.0 Å². The van der Waals surface area contributed by atoms with E-state index < -0.39 is 5.92 Å². The lowest BCUT2D eigenvalue weighted by atomic mass is 9.95. The molecule has 3 aromatic rings. The van der Waals surface area contributed by atoms with Crippen LogP contribution < -0.4 is 9.64 Å². The van der Waals surface area contributed by atoms with Crippen molar-refractivity contribution in [1.82, 2.24) is 19.5 Å². The van der Waals surface area contributed by atoms with Gasteiger partial charge in [0.15, 0.2) is 17.0 Å². The lowest BCUT2D eigenvalue weighted by molar-refractivity contribution is 0.0257. The number of hydrogen-bond donors (Lipinski definition) is 0. The molecule has 154 valence electrons. The Morgan fingerprint density at radius 2 is 1.86 bits per heavy atom. The molecule has 0 amide bonds. The van der Waals surface area contributed by atoms with Crippen LogP contribution in [0.5, 0.6) is 5.75 Å². The van der Waals surface area contributed by atoms with E-state index >= 15 is 0 Å². The molecule has 8 heteroatoms. The van der Waals surface area contributed by atoms with Gasteiger partial charge < -0.3 is 14.2 Å². The fourth-order valence-corrected chi connectivity index (χ4v) is 3.71. The predicted octanol–water partition coefficient (Wildman–Crippen LogP) is 4.03. The van der Waals surface area contributed by atoms with E-state index in [0.29, 0.717) is 23.5 Å². The topological polar surface area (TPSA) is 56.1 Å². The lowest BCUT2D eigenvalue weighted by Gasteiger charge is -2.20. The number of alkyl halides is 2. The maximum Gasteiger partial charge on any atom is 0.266 e. The van der Waals surface area contributed by atoms with Crippen molar-refractivity contribution >= 4 is 17.0 Å². The Morgan fingerprint density at radius 3 is 2.45 bits per heavy atom. The van der Waals surface area contributed by atoms with Gasteiger partial charge in [0, 0.05) is 18.4 Å². The highest BCUT2D eigenvalue weighted by Gasteiger charge is 2.40. The number of ether oxygens (including phenoxy) is 1. The fourth-order valence-electron chi connectivity index (χ4n) is 3.71. The first-order chi connectivity index (χ1) is 13.7. The van der Waals surface area contributed by atoms with E-state index in [-0.39, 0.29) is 24.9 Å². The second kappa shape index (κ2) is 6.93. The molecule has 1 aromatic carbocycles. The minimum Gasteiger partial charge on any atom is -0.497 e. The van der Waals surface area contributed by atoms with E-state index in [1.165, 1.54) is 6.33 Å². The van der Waals surface area contributed by atoms with Gasteiger partial charge in [-0.25, -0.2) is 23.7 Å². The fraction of sp³-hybridized carbons (Fsp3) is 0.476. The molecule has 0 spiro atoms. The Labute approximate surface area is 168 Å². The van der Waals surface area contributed by atoms with Crippen molar-refractivity contribution in [3.63, 3.8) is 0 Å². The van der Waals surface area contributed by atoms with Gasteiger partial charge in [0.2, 0.25) is 0 Å². The van der Waals surface area contributed by atoms with Crippen LogP contribution in [0, 0.1) is 0 Å². The summed E-state index contributed by atoms with van der Waals surface area (Å²) < 4.78 is 34.9. The second-order valence-corrected chi connectivity index (χ2v) is 8.52. The molecule has 3 heterocycles. The Balaban J connectivity index is 1.81. The Kier molecular flexibility index (Phi) is 4.67. The molecule has 2 aromatic heterocycles. The van der Waals surface area contributed by atoms with Crippen LogP contribution in [0.3, 0.4) is 0 Å². The zero-order valence-corrected chi connectivity index (χ0v) is 17.1. The molecule has 1 saturated heterocycles. The van der Waals surface area contributed by atoms with Gasteiger partial charge in [-0.3, -0.25) is 0 Å². The van der Waals surface area contributed by atoms with Crippen molar-refractivity contribution in [3.05, 3.63) is 42.0 Å². The number of halogens is 2. The van der Waals surface area contributed by atoms with Crippen LogP contribution >= 0.6 is 0 Å². The number of anilines is 1. The quantitative estimate of drug-likeness (QED) is 0.661. The number of aromatic nitrogens is 4.